The van der Waals surface area contributed by atoms with Crippen molar-refractivity contribution < 1.29 is 4.79 Å². The van der Waals surface area contributed by atoms with Crippen LogP contribution in [0, 0.1) is 0 Å². The number of rotatable bonds is 10. The molecule has 0 spiro atoms. The fraction of sp³-hybridized carbons (Fsp3) is 0.696. The number of amides is 1. The van der Waals surface area contributed by atoms with Crippen molar-refractivity contribution >= 4 is 29.1 Å². The van der Waals surface area contributed by atoms with Crippen LogP contribution < -0.4 is 5.32 Å². The SMILES string of the molecule is O=C(Cc1ccc(Cl)c(Cl)c1)NCCCN1CCN(CCCN2CCCCC2)CC1. The van der Waals surface area contributed by atoms with Crippen LogP contribution in [0.5, 0.6) is 0 Å². The second kappa shape index (κ2) is 12.9. The van der Waals surface area contributed by atoms with E-state index < -0.39 is 0 Å². The van der Waals surface area contributed by atoms with Crippen LogP contribution in [-0.4, -0.2) is 86.1 Å². The van der Waals surface area contributed by atoms with Crippen molar-refractivity contribution in [3.8, 4) is 0 Å². The van der Waals surface area contributed by atoms with E-state index in [9.17, 15) is 4.79 Å². The molecule has 5 nitrogen and oxygen atoms in total. The van der Waals surface area contributed by atoms with Crippen LogP contribution in [0.1, 0.15) is 37.7 Å². The summed E-state index contributed by atoms with van der Waals surface area (Å²) in [6.45, 7) is 11.5. The molecule has 2 aliphatic rings. The minimum absolute atomic E-state index is 0.0342. The van der Waals surface area contributed by atoms with E-state index in [4.69, 9.17) is 23.2 Å². The van der Waals surface area contributed by atoms with Crippen LogP contribution in [0.4, 0.5) is 0 Å². The molecule has 0 radical (unpaired) electrons. The number of nitrogens with zero attached hydrogens (tertiary/aromatic N) is 3. The summed E-state index contributed by atoms with van der Waals surface area (Å²) in [5.41, 5.74) is 0.887. The Labute approximate surface area is 191 Å². The molecule has 30 heavy (non-hydrogen) atoms. The maximum Gasteiger partial charge on any atom is 0.224 e. The molecule has 0 aliphatic carbocycles. The monoisotopic (exact) mass is 454 g/mol. The first kappa shape index (κ1) is 23.8. The summed E-state index contributed by atoms with van der Waals surface area (Å²) in [5, 5.41) is 4.03. The van der Waals surface area contributed by atoms with Gasteiger partial charge in [-0.1, -0.05) is 35.7 Å². The third kappa shape index (κ3) is 8.35. The molecule has 0 saturated carbocycles. The van der Waals surface area contributed by atoms with Crippen molar-refractivity contribution in [3.05, 3.63) is 33.8 Å². The number of halogens is 2. The summed E-state index contributed by atoms with van der Waals surface area (Å²) in [6, 6.07) is 5.34. The van der Waals surface area contributed by atoms with E-state index in [-0.39, 0.29) is 5.91 Å². The number of carbonyl (C=O) groups excluding carboxylic acids is 1. The molecule has 1 N–H and O–H groups in total. The highest BCUT2D eigenvalue weighted by Gasteiger charge is 2.17. The average Bonchev–Trinajstić information content (AvgIpc) is 2.76. The van der Waals surface area contributed by atoms with Crippen molar-refractivity contribution in [1.82, 2.24) is 20.0 Å². The lowest BCUT2D eigenvalue weighted by molar-refractivity contribution is -0.120. The van der Waals surface area contributed by atoms with Gasteiger partial charge in [0.05, 0.1) is 16.5 Å². The minimum atomic E-state index is 0.0342. The number of piperidine rings is 1. The van der Waals surface area contributed by atoms with Gasteiger partial charge in [-0.05, 0) is 76.1 Å². The lowest BCUT2D eigenvalue weighted by Gasteiger charge is -2.35. The maximum atomic E-state index is 12.1. The Morgan fingerprint density at radius 2 is 1.40 bits per heavy atom. The number of hydrogen-bond acceptors (Lipinski definition) is 4. The summed E-state index contributed by atoms with van der Waals surface area (Å²) in [7, 11) is 0. The lowest BCUT2D eigenvalue weighted by atomic mass is 10.1. The lowest BCUT2D eigenvalue weighted by Crippen LogP contribution is -2.47. The van der Waals surface area contributed by atoms with Gasteiger partial charge in [0.25, 0.3) is 0 Å². The maximum absolute atomic E-state index is 12.1. The number of benzene rings is 1. The summed E-state index contributed by atoms with van der Waals surface area (Å²) < 4.78 is 0. The van der Waals surface area contributed by atoms with E-state index in [0.29, 0.717) is 16.5 Å². The molecule has 168 valence electrons. The van der Waals surface area contributed by atoms with Crippen LogP contribution in [0.15, 0.2) is 18.2 Å². The molecule has 2 fully saturated rings. The van der Waals surface area contributed by atoms with Crippen molar-refractivity contribution in [2.75, 3.05) is 65.4 Å². The summed E-state index contributed by atoms with van der Waals surface area (Å²) in [6.07, 6.45) is 6.81. The van der Waals surface area contributed by atoms with Gasteiger partial charge in [0, 0.05) is 32.7 Å². The molecular formula is C23H36Cl2N4O. The van der Waals surface area contributed by atoms with Gasteiger partial charge in [-0.15, -0.1) is 0 Å². The van der Waals surface area contributed by atoms with E-state index in [0.717, 1.165) is 38.2 Å². The van der Waals surface area contributed by atoms with Crippen LogP contribution in [0.3, 0.4) is 0 Å². The Balaban J connectivity index is 1.21. The number of piperazine rings is 1. The molecule has 0 bridgehead atoms. The molecular weight excluding hydrogens is 419 g/mol. The van der Waals surface area contributed by atoms with Gasteiger partial charge >= 0.3 is 0 Å². The Morgan fingerprint density at radius 1 is 0.800 bits per heavy atom. The predicted octanol–water partition coefficient (Wildman–Crippen LogP) is 3.54. The molecule has 2 saturated heterocycles. The third-order valence-corrected chi connectivity index (χ3v) is 6.92. The van der Waals surface area contributed by atoms with Gasteiger partial charge in [-0.3, -0.25) is 4.79 Å². The van der Waals surface area contributed by atoms with Gasteiger partial charge in [0.15, 0.2) is 0 Å². The second-order valence-corrected chi connectivity index (χ2v) is 9.38. The number of carbonyl (C=O) groups is 1. The second-order valence-electron chi connectivity index (χ2n) is 8.57. The third-order valence-electron chi connectivity index (χ3n) is 6.18. The van der Waals surface area contributed by atoms with E-state index in [1.807, 2.05) is 6.07 Å². The van der Waals surface area contributed by atoms with E-state index in [2.05, 4.69) is 20.0 Å². The number of likely N-dealkylation sites (tertiary alicyclic amines) is 1. The molecule has 1 amide bonds. The molecule has 3 rings (SSSR count). The van der Waals surface area contributed by atoms with Gasteiger partial charge < -0.3 is 20.0 Å². The van der Waals surface area contributed by atoms with Crippen molar-refractivity contribution in [2.24, 2.45) is 0 Å². The molecule has 0 atom stereocenters. The fourth-order valence-electron chi connectivity index (χ4n) is 4.37. The summed E-state index contributed by atoms with van der Waals surface area (Å²) in [5.74, 6) is 0.0342. The average molecular weight is 455 g/mol. The standard InChI is InChI=1S/C23H36Cl2N4O/c24-21-7-6-20(18-22(21)25)19-23(30)26-8-4-11-28-14-16-29(17-15-28)13-5-12-27-9-2-1-3-10-27/h6-7,18H,1-5,8-17,19H2,(H,26,30). The zero-order valence-corrected chi connectivity index (χ0v) is 19.6. The van der Waals surface area contributed by atoms with Crippen molar-refractivity contribution in [3.63, 3.8) is 0 Å². The fourth-order valence-corrected chi connectivity index (χ4v) is 4.69. The molecule has 2 heterocycles. The van der Waals surface area contributed by atoms with Crippen LogP contribution in [0.2, 0.25) is 10.0 Å². The summed E-state index contributed by atoms with van der Waals surface area (Å²) >= 11 is 11.9. The molecule has 7 heteroatoms. The molecule has 2 aliphatic heterocycles. The highest BCUT2D eigenvalue weighted by Crippen LogP contribution is 2.22. The largest absolute Gasteiger partial charge is 0.356 e. The van der Waals surface area contributed by atoms with E-state index >= 15 is 0 Å². The summed E-state index contributed by atoms with van der Waals surface area (Å²) in [4.78, 5) is 19.9. The van der Waals surface area contributed by atoms with Crippen LogP contribution in [-0.2, 0) is 11.2 Å². The Morgan fingerprint density at radius 3 is 2.03 bits per heavy atom. The number of hydrogen-bond donors (Lipinski definition) is 1. The van der Waals surface area contributed by atoms with E-state index in [1.54, 1.807) is 12.1 Å². The Kier molecular flexibility index (Phi) is 10.2. The molecule has 0 unspecified atom stereocenters. The Bertz CT molecular complexity index is 659. The predicted molar refractivity (Wildman–Crippen MR) is 126 cm³/mol. The normalized spacial score (nSPS) is 19.1. The quantitative estimate of drug-likeness (QED) is 0.548. The van der Waals surface area contributed by atoms with Gasteiger partial charge in [0.1, 0.15) is 0 Å². The Hall–Kier alpha value is -0.850. The zero-order chi connectivity index (χ0) is 21.2. The van der Waals surface area contributed by atoms with Crippen molar-refractivity contribution in [1.29, 1.82) is 0 Å². The molecule has 0 aromatic heterocycles. The van der Waals surface area contributed by atoms with E-state index in [1.165, 1.54) is 65.0 Å². The number of nitrogens with one attached hydrogen (secondary N) is 1. The zero-order valence-electron chi connectivity index (χ0n) is 18.1. The molecule has 1 aromatic rings. The topological polar surface area (TPSA) is 38.8 Å². The van der Waals surface area contributed by atoms with Crippen LogP contribution in [0.25, 0.3) is 0 Å². The first-order valence-electron chi connectivity index (χ1n) is 11.5. The minimum Gasteiger partial charge on any atom is -0.356 e. The first-order valence-corrected chi connectivity index (χ1v) is 12.2. The molecule has 1 aromatic carbocycles. The smallest absolute Gasteiger partial charge is 0.224 e. The first-order chi connectivity index (χ1) is 14.6. The van der Waals surface area contributed by atoms with Gasteiger partial charge in [0.2, 0.25) is 5.91 Å². The highest BCUT2D eigenvalue weighted by atomic mass is 35.5. The van der Waals surface area contributed by atoms with Gasteiger partial charge in [-0.2, -0.15) is 0 Å². The van der Waals surface area contributed by atoms with Crippen LogP contribution >= 0.6 is 23.2 Å². The van der Waals surface area contributed by atoms with Crippen molar-refractivity contribution in [2.45, 2.75) is 38.5 Å². The highest BCUT2D eigenvalue weighted by molar-refractivity contribution is 6.42. The van der Waals surface area contributed by atoms with Gasteiger partial charge in [-0.25, -0.2) is 0 Å².